The Kier molecular flexibility index (Phi) is 5.12. The van der Waals surface area contributed by atoms with E-state index in [9.17, 15) is 9.59 Å². The van der Waals surface area contributed by atoms with E-state index in [1.807, 2.05) is 0 Å². The van der Waals surface area contributed by atoms with Crippen LogP contribution in [0.2, 0.25) is 0 Å². The van der Waals surface area contributed by atoms with Crippen LogP contribution in [-0.4, -0.2) is 23.3 Å². The minimum atomic E-state index is -0.148. The number of hydrogen-bond acceptors (Lipinski definition) is 2. The minimum absolute atomic E-state index is 0.148. The van der Waals surface area contributed by atoms with E-state index >= 15 is 0 Å². The van der Waals surface area contributed by atoms with Gasteiger partial charge in [0, 0.05) is 18.7 Å². The first-order valence-electron chi connectivity index (χ1n) is 8.96. The van der Waals surface area contributed by atoms with Gasteiger partial charge in [-0.2, -0.15) is 0 Å². The fourth-order valence-electron chi connectivity index (χ4n) is 4.26. The van der Waals surface area contributed by atoms with E-state index in [1.165, 1.54) is 62.0 Å². The molecule has 2 aliphatic carbocycles. The maximum Gasteiger partial charge on any atom is 0.253 e. The molecular weight excluding hydrogens is 274 g/mol. The summed E-state index contributed by atoms with van der Waals surface area (Å²) >= 11 is 0. The molecule has 1 fully saturated rings. The lowest BCUT2D eigenvalue weighted by atomic mass is 9.88. The van der Waals surface area contributed by atoms with Crippen molar-refractivity contribution in [1.29, 1.82) is 0 Å². The predicted molar refractivity (Wildman–Crippen MR) is 87.0 cm³/mol. The van der Waals surface area contributed by atoms with Crippen LogP contribution in [0, 0.1) is 17.8 Å². The van der Waals surface area contributed by atoms with Gasteiger partial charge in [-0.15, -0.1) is 0 Å². The summed E-state index contributed by atoms with van der Waals surface area (Å²) in [5.74, 6) is 2.47. The van der Waals surface area contributed by atoms with Gasteiger partial charge in [0.1, 0.15) is 0 Å². The summed E-state index contributed by atoms with van der Waals surface area (Å²) in [6.07, 6.45) is 19.2. The molecule has 0 aromatic rings. The molecule has 120 valence electrons. The molecule has 1 saturated carbocycles. The number of hydrogen-bond donors (Lipinski definition) is 0. The molecule has 0 N–H and O–H groups in total. The normalized spacial score (nSPS) is 29.3. The third kappa shape index (κ3) is 3.68. The Labute approximate surface area is 133 Å². The molecule has 22 heavy (non-hydrogen) atoms. The molecule has 3 heteroatoms. The van der Waals surface area contributed by atoms with Crippen LogP contribution in [0.25, 0.3) is 0 Å². The van der Waals surface area contributed by atoms with Crippen LogP contribution < -0.4 is 0 Å². The van der Waals surface area contributed by atoms with E-state index in [1.54, 1.807) is 0 Å². The first-order chi connectivity index (χ1) is 10.7. The van der Waals surface area contributed by atoms with E-state index in [0.717, 1.165) is 30.6 Å². The highest BCUT2D eigenvalue weighted by molar-refractivity contribution is 6.12. The zero-order valence-electron chi connectivity index (χ0n) is 13.4. The maximum atomic E-state index is 11.4. The highest BCUT2D eigenvalue weighted by Gasteiger charge is 2.34. The third-order valence-electron chi connectivity index (χ3n) is 5.52. The second-order valence-corrected chi connectivity index (χ2v) is 7.11. The molecule has 3 unspecified atom stereocenters. The maximum absolute atomic E-state index is 11.4. The number of allylic oxidation sites excluding steroid dienone is 2. The largest absolute Gasteiger partial charge is 0.275 e. The summed E-state index contributed by atoms with van der Waals surface area (Å²) < 4.78 is 0. The molecule has 3 nitrogen and oxygen atoms in total. The van der Waals surface area contributed by atoms with Crippen molar-refractivity contribution in [1.82, 2.24) is 4.90 Å². The van der Waals surface area contributed by atoms with Crippen molar-refractivity contribution in [2.24, 2.45) is 17.8 Å². The average molecular weight is 301 g/mol. The van der Waals surface area contributed by atoms with Crippen LogP contribution in [0.3, 0.4) is 0 Å². The predicted octanol–water partition coefficient (Wildman–Crippen LogP) is 3.85. The van der Waals surface area contributed by atoms with Crippen molar-refractivity contribution < 1.29 is 9.59 Å². The van der Waals surface area contributed by atoms with Crippen LogP contribution >= 0.6 is 0 Å². The first kappa shape index (κ1) is 15.5. The van der Waals surface area contributed by atoms with Gasteiger partial charge >= 0.3 is 0 Å². The SMILES string of the molecule is O=C1C=CC(=O)N1CCCCCCCCC1CC2C=CC1C2. The molecule has 3 rings (SSSR count). The molecule has 0 saturated heterocycles. The monoisotopic (exact) mass is 301 g/mol. The van der Waals surface area contributed by atoms with E-state index in [0.29, 0.717) is 6.54 Å². The van der Waals surface area contributed by atoms with E-state index in [2.05, 4.69) is 12.2 Å². The fourth-order valence-corrected chi connectivity index (χ4v) is 4.26. The molecule has 0 aromatic heterocycles. The lowest BCUT2D eigenvalue weighted by Gasteiger charge is -2.17. The molecule has 1 aliphatic heterocycles. The molecule has 1 heterocycles. The number of imide groups is 1. The Morgan fingerprint density at radius 1 is 0.864 bits per heavy atom. The van der Waals surface area contributed by atoms with Gasteiger partial charge in [0.25, 0.3) is 11.8 Å². The van der Waals surface area contributed by atoms with Crippen molar-refractivity contribution in [3.63, 3.8) is 0 Å². The Morgan fingerprint density at radius 2 is 1.55 bits per heavy atom. The van der Waals surface area contributed by atoms with Crippen molar-refractivity contribution >= 4 is 11.8 Å². The third-order valence-corrected chi connectivity index (χ3v) is 5.52. The molecule has 0 spiro atoms. The van der Waals surface area contributed by atoms with E-state index < -0.39 is 0 Å². The number of unbranched alkanes of at least 4 members (excludes halogenated alkanes) is 5. The Morgan fingerprint density at radius 3 is 2.18 bits per heavy atom. The number of nitrogens with zero attached hydrogens (tertiary/aromatic N) is 1. The van der Waals surface area contributed by atoms with E-state index in [-0.39, 0.29) is 11.8 Å². The highest BCUT2D eigenvalue weighted by atomic mass is 16.2. The van der Waals surface area contributed by atoms with Crippen molar-refractivity contribution in [3.05, 3.63) is 24.3 Å². The number of rotatable bonds is 9. The molecule has 2 bridgehead atoms. The summed E-state index contributed by atoms with van der Waals surface area (Å²) in [6.45, 7) is 0.585. The minimum Gasteiger partial charge on any atom is -0.275 e. The lowest BCUT2D eigenvalue weighted by molar-refractivity contribution is -0.136. The van der Waals surface area contributed by atoms with Gasteiger partial charge in [-0.3, -0.25) is 14.5 Å². The first-order valence-corrected chi connectivity index (χ1v) is 8.96. The standard InChI is InChI=1S/C19H27NO2/c21-18-10-11-19(22)20(18)12-6-4-2-1-3-5-7-16-13-15-8-9-17(16)14-15/h8-11,15-17H,1-7,12-14H2. The smallest absolute Gasteiger partial charge is 0.253 e. The summed E-state index contributed by atoms with van der Waals surface area (Å²) in [4.78, 5) is 24.1. The molecule has 0 radical (unpaired) electrons. The molecule has 0 aromatic carbocycles. The highest BCUT2D eigenvalue weighted by Crippen LogP contribution is 2.45. The molecular formula is C19H27NO2. The van der Waals surface area contributed by atoms with Crippen molar-refractivity contribution in [3.8, 4) is 0 Å². The van der Waals surface area contributed by atoms with Crippen molar-refractivity contribution in [2.45, 2.75) is 57.8 Å². The number of carbonyl (C=O) groups excluding carboxylic acids is 2. The summed E-state index contributed by atoms with van der Waals surface area (Å²) in [5.41, 5.74) is 0. The Balaban J connectivity index is 1.17. The topological polar surface area (TPSA) is 37.4 Å². The zero-order chi connectivity index (χ0) is 15.4. The summed E-state index contributed by atoms with van der Waals surface area (Å²) in [5, 5.41) is 0. The van der Waals surface area contributed by atoms with Crippen LogP contribution in [0.4, 0.5) is 0 Å². The second kappa shape index (κ2) is 7.26. The summed E-state index contributed by atoms with van der Waals surface area (Å²) in [6, 6.07) is 0. The van der Waals surface area contributed by atoms with E-state index in [4.69, 9.17) is 0 Å². The van der Waals surface area contributed by atoms with Crippen LogP contribution in [0.1, 0.15) is 57.8 Å². The van der Waals surface area contributed by atoms with Gasteiger partial charge in [-0.25, -0.2) is 0 Å². The quantitative estimate of drug-likeness (QED) is 0.368. The number of amides is 2. The zero-order valence-corrected chi connectivity index (χ0v) is 13.4. The number of fused-ring (bicyclic) bond motifs is 2. The van der Waals surface area contributed by atoms with Gasteiger partial charge in [0.2, 0.25) is 0 Å². The van der Waals surface area contributed by atoms with Crippen LogP contribution in [-0.2, 0) is 9.59 Å². The lowest BCUT2D eigenvalue weighted by Crippen LogP contribution is -2.30. The van der Waals surface area contributed by atoms with Gasteiger partial charge in [-0.1, -0.05) is 44.3 Å². The Bertz CT molecular complexity index is 462. The van der Waals surface area contributed by atoms with Gasteiger partial charge in [0.05, 0.1) is 0 Å². The van der Waals surface area contributed by atoms with Gasteiger partial charge in [-0.05, 0) is 43.4 Å². The van der Waals surface area contributed by atoms with Crippen LogP contribution in [0.15, 0.2) is 24.3 Å². The van der Waals surface area contributed by atoms with Gasteiger partial charge < -0.3 is 0 Å². The molecule has 3 aliphatic rings. The number of carbonyl (C=O) groups is 2. The average Bonchev–Trinajstić information content (AvgIpc) is 3.20. The Hall–Kier alpha value is -1.38. The molecule has 2 amide bonds. The second-order valence-electron chi connectivity index (χ2n) is 7.11. The molecule has 3 atom stereocenters. The van der Waals surface area contributed by atoms with Crippen molar-refractivity contribution in [2.75, 3.05) is 6.54 Å². The van der Waals surface area contributed by atoms with Gasteiger partial charge in [0.15, 0.2) is 0 Å². The fraction of sp³-hybridized carbons (Fsp3) is 0.684. The summed E-state index contributed by atoms with van der Waals surface area (Å²) in [7, 11) is 0. The van der Waals surface area contributed by atoms with Crippen LogP contribution in [0.5, 0.6) is 0 Å².